The van der Waals surface area contributed by atoms with Crippen LogP contribution in [0.25, 0.3) is 0 Å². The van der Waals surface area contributed by atoms with Crippen LogP contribution in [0.1, 0.15) is 85.5 Å². The average molecular weight is 326 g/mol. The van der Waals surface area contributed by atoms with E-state index in [0.29, 0.717) is 24.7 Å². The monoisotopic (exact) mass is 326 g/mol. The van der Waals surface area contributed by atoms with Gasteiger partial charge in [-0.15, -0.1) is 0 Å². The third-order valence-corrected chi connectivity index (χ3v) is 4.67. The molecule has 4 heteroatoms. The molecule has 0 spiro atoms. The average Bonchev–Trinajstić information content (AvgIpc) is 2.52. The van der Waals surface area contributed by atoms with Crippen LogP contribution in [-0.2, 0) is 19.1 Å². The summed E-state index contributed by atoms with van der Waals surface area (Å²) in [5.74, 6) is 0.716. The molecule has 0 aliphatic heterocycles. The van der Waals surface area contributed by atoms with Crippen molar-refractivity contribution in [1.29, 1.82) is 0 Å². The van der Waals surface area contributed by atoms with Crippen LogP contribution in [0.5, 0.6) is 0 Å². The molecule has 0 N–H and O–H groups in total. The third-order valence-electron chi connectivity index (χ3n) is 4.67. The third kappa shape index (κ3) is 8.38. The van der Waals surface area contributed by atoms with Crippen LogP contribution in [0.2, 0.25) is 0 Å². The summed E-state index contributed by atoms with van der Waals surface area (Å²) in [6.45, 7) is 8.46. The van der Waals surface area contributed by atoms with Crippen LogP contribution in [0, 0.1) is 11.8 Å². The molecule has 1 fully saturated rings. The Morgan fingerprint density at radius 2 is 1.39 bits per heavy atom. The van der Waals surface area contributed by atoms with E-state index in [4.69, 9.17) is 9.47 Å². The van der Waals surface area contributed by atoms with Gasteiger partial charge in [-0.2, -0.15) is 0 Å². The van der Waals surface area contributed by atoms with Gasteiger partial charge in [0.15, 0.2) is 0 Å². The number of carbonyl (C=O) groups is 2. The molecule has 0 saturated heterocycles. The molecule has 3 unspecified atom stereocenters. The highest BCUT2D eigenvalue weighted by Crippen LogP contribution is 2.25. The summed E-state index contributed by atoms with van der Waals surface area (Å²) in [4.78, 5) is 24.0. The highest BCUT2D eigenvalue weighted by Gasteiger charge is 2.31. The zero-order valence-electron chi connectivity index (χ0n) is 15.3. The van der Waals surface area contributed by atoms with E-state index >= 15 is 0 Å². The molecule has 23 heavy (non-hydrogen) atoms. The standard InChI is InChI=1S/C19H34O4/c1-5-15(4)11-13-19(21)23-17-9-7-6-8-16(17)22-18(20)12-10-14(2)3/h14-17H,5-13H2,1-4H3. The van der Waals surface area contributed by atoms with Gasteiger partial charge in [0.1, 0.15) is 12.2 Å². The second-order valence-corrected chi connectivity index (χ2v) is 7.33. The van der Waals surface area contributed by atoms with Gasteiger partial charge in [0.2, 0.25) is 0 Å². The largest absolute Gasteiger partial charge is 0.458 e. The fourth-order valence-electron chi connectivity index (χ4n) is 2.76. The van der Waals surface area contributed by atoms with Crippen molar-refractivity contribution in [1.82, 2.24) is 0 Å². The second-order valence-electron chi connectivity index (χ2n) is 7.33. The van der Waals surface area contributed by atoms with Crippen molar-refractivity contribution >= 4 is 11.9 Å². The molecule has 1 aliphatic rings. The molecular formula is C19H34O4. The first-order chi connectivity index (χ1) is 10.9. The van der Waals surface area contributed by atoms with Crippen molar-refractivity contribution in [2.24, 2.45) is 11.8 Å². The minimum absolute atomic E-state index is 0.152. The van der Waals surface area contributed by atoms with Crippen molar-refractivity contribution in [3.8, 4) is 0 Å². The maximum atomic E-state index is 12.0. The molecular weight excluding hydrogens is 292 g/mol. The van der Waals surface area contributed by atoms with Crippen LogP contribution in [0.15, 0.2) is 0 Å². The van der Waals surface area contributed by atoms with Gasteiger partial charge in [0.25, 0.3) is 0 Å². The molecule has 0 heterocycles. The summed E-state index contributed by atoms with van der Waals surface area (Å²) in [6.07, 6.45) is 6.84. The topological polar surface area (TPSA) is 52.6 Å². The van der Waals surface area contributed by atoms with Gasteiger partial charge in [-0.25, -0.2) is 0 Å². The van der Waals surface area contributed by atoms with Gasteiger partial charge in [-0.3, -0.25) is 9.59 Å². The van der Waals surface area contributed by atoms with Crippen LogP contribution in [0.3, 0.4) is 0 Å². The van der Waals surface area contributed by atoms with Gasteiger partial charge >= 0.3 is 11.9 Å². The summed E-state index contributed by atoms with van der Waals surface area (Å²) >= 11 is 0. The zero-order valence-corrected chi connectivity index (χ0v) is 15.3. The van der Waals surface area contributed by atoms with Crippen molar-refractivity contribution < 1.29 is 19.1 Å². The summed E-state index contributed by atoms with van der Waals surface area (Å²) in [6, 6.07) is 0. The molecule has 1 rings (SSSR count). The Hall–Kier alpha value is -1.06. The Morgan fingerprint density at radius 3 is 1.83 bits per heavy atom. The van der Waals surface area contributed by atoms with E-state index in [1.54, 1.807) is 0 Å². The lowest BCUT2D eigenvalue weighted by molar-refractivity contribution is -0.172. The molecule has 3 atom stereocenters. The van der Waals surface area contributed by atoms with Crippen LogP contribution in [0.4, 0.5) is 0 Å². The van der Waals surface area contributed by atoms with Crippen molar-refractivity contribution in [3.05, 3.63) is 0 Å². The summed E-state index contributed by atoms with van der Waals surface area (Å²) < 4.78 is 11.2. The number of esters is 2. The molecule has 0 amide bonds. The predicted molar refractivity (Wildman–Crippen MR) is 91.0 cm³/mol. The predicted octanol–water partition coefficient (Wildman–Crippen LogP) is 4.65. The normalized spacial score (nSPS) is 22.7. The molecule has 1 saturated carbocycles. The molecule has 0 aromatic heterocycles. The van der Waals surface area contributed by atoms with Gasteiger partial charge < -0.3 is 9.47 Å². The lowest BCUT2D eigenvalue weighted by atomic mass is 9.94. The van der Waals surface area contributed by atoms with E-state index < -0.39 is 0 Å². The molecule has 0 aromatic rings. The number of rotatable bonds is 9. The fraction of sp³-hybridized carbons (Fsp3) is 0.895. The molecule has 1 aliphatic carbocycles. The number of hydrogen-bond donors (Lipinski definition) is 0. The molecule has 4 nitrogen and oxygen atoms in total. The Balaban J connectivity index is 2.41. The number of carbonyl (C=O) groups excluding carboxylic acids is 2. The fourth-order valence-corrected chi connectivity index (χ4v) is 2.76. The SMILES string of the molecule is CCC(C)CCC(=O)OC1CCCCC1OC(=O)CCC(C)C. The van der Waals surface area contributed by atoms with Gasteiger partial charge in [-0.1, -0.05) is 34.1 Å². The minimum atomic E-state index is -0.254. The lowest BCUT2D eigenvalue weighted by Gasteiger charge is -2.31. The quantitative estimate of drug-likeness (QED) is 0.579. The minimum Gasteiger partial charge on any atom is -0.458 e. The first kappa shape index (κ1) is 20.0. The van der Waals surface area contributed by atoms with Crippen molar-refractivity contribution in [2.45, 2.75) is 97.7 Å². The van der Waals surface area contributed by atoms with E-state index in [1.165, 1.54) is 0 Å². The highest BCUT2D eigenvalue weighted by molar-refractivity contribution is 5.70. The first-order valence-electron chi connectivity index (χ1n) is 9.31. The van der Waals surface area contributed by atoms with Crippen LogP contribution < -0.4 is 0 Å². The lowest BCUT2D eigenvalue weighted by Crippen LogP contribution is -2.37. The first-order valence-corrected chi connectivity index (χ1v) is 9.31. The number of ether oxygens (including phenoxy) is 2. The summed E-state index contributed by atoms with van der Waals surface area (Å²) in [7, 11) is 0. The van der Waals surface area contributed by atoms with Gasteiger partial charge in [0.05, 0.1) is 0 Å². The summed E-state index contributed by atoms with van der Waals surface area (Å²) in [5.41, 5.74) is 0. The van der Waals surface area contributed by atoms with Gasteiger partial charge in [-0.05, 0) is 50.4 Å². The maximum Gasteiger partial charge on any atom is 0.306 e. The van der Waals surface area contributed by atoms with E-state index in [-0.39, 0.29) is 24.1 Å². The van der Waals surface area contributed by atoms with E-state index in [1.807, 2.05) is 0 Å². The maximum absolute atomic E-state index is 12.0. The molecule has 0 radical (unpaired) electrons. The molecule has 0 bridgehead atoms. The van der Waals surface area contributed by atoms with Gasteiger partial charge in [0, 0.05) is 12.8 Å². The van der Waals surface area contributed by atoms with Crippen molar-refractivity contribution in [3.63, 3.8) is 0 Å². The molecule has 0 aromatic carbocycles. The Morgan fingerprint density at radius 1 is 0.913 bits per heavy atom. The Bertz CT molecular complexity index is 364. The Kier molecular flexibility index (Phi) is 9.27. The summed E-state index contributed by atoms with van der Waals surface area (Å²) in [5, 5.41) is 0. The Labute approximate surface area is 141 Å². The zero-order chi connectivity index (χ0) is 17.2. The van der Waals surface area contributed by atoms with E-state index in [0.717, 1.165) is 44.9 Å². The van der Waals surface area contributed by atoms with E-state index in [9.17, 15) is 9.59 Å². The van der Waals surface area contributed by atoms with Crippen LogP contribution >= 0.6 is 0 Å². The smallest absolute Gasteiger partial charge is 0.306 e. The number of hydrogen-bond acceptors (Lipinski definition) is 4. The molecule has 134 valence electrons. The van der Waals surface area contributed by atoms with E-state index in [2.05, 4.69) is 27.7 Å². The van der Waals surface area contributed by atoms with Crippen LogP contribution in [-0.4, -0.2) is 24.1 Å². The second kappa shape index (κ2) is 10.7. The van der Waals surface area contributed by atoms with Crippen molar-refractivity contribution in [2.75, 3.05) is 0 Å². The highest BCUT2D eigenvalue weighted by atomic mass is 16.6.